The average Bonchev–Trinajstić information content (AvgIpc) is 2.75. The second kappa shape index (κ2) is 9.76. The summed E-state index contributed by atoms with van der Waals surface area (Å²) in [6.45, 7) is 7.12. The highest BCUT2D eigenvalue weighted by Gasteiger charge is 2.14. The van der Waals surface area contributed by atoms with Gasteiger partial charge in [0.25, 0.3) is 11.5 Å². The maximum absolute atomic E-state index is 13.2. The summed E-state index contributed by atoms with van der Waals surface area (Å²) >= 11 is 3.49. The van der Waals surface area contributed by atoms with Crippen molar-refractivity contribution < 1.29 is 9.53 Å². The van der Waals surface area contributed by atoms with E-state index in [0.29, 0.717) is 29.9 Å². The van der Waals surface area contributed by atoms with Gasteiger partial charge in [0.15, 0.2) is 0 Å². The van der Waals surface area contributed by atoms with Crippen molar-refractivity contribution in [3.05, 3.63) is 86.8 Å². The molecule has 5 nitrogen and oxygen atoms in total. The number of hydrogen-bond acceptors (Lipinski definition) is 3. The van der Waals surface area contributed by atoms with Gasteiger partial charge in [-0.1, -0.05) is 48.0 Å². The van der Waals surface area contributed by atoms with Gasteiger partial charge in [-0.15, -0.1) is 0 Å². The molecule has 156 valence electrons. The highest BCUT2D eigenvalue weighted by molar-refractivity contribution is 9.10. The molecule has 1 heterocycles. The van der Waals surface area contributed by atoms with Gasteiger partial charge in [-0.25, -0.2) is 0 Å². The topological polar surface area (TPSA) is 60.3 Å². The molecule has 0 atom stereocenters. The van der Waals surface area contributed by atoms with Crippen molar-refractivity contribution >= 4 is 38.4 Å². The highest BCUT2D eigenvalue weighted by atomic mass is 79.9. The lowest BCUT2D eigenvalue weighted by Crippen LogP contribution is -2.22. The number of nitrogens with one attached hydrogen (secondary N) is 1. The number of halogens is 1. The summed E-state index contributed by atoms with van der Waals surface area (Å²) in [7, 11) is 1.59. The molecule has 2 aromatic carbocycles. The first kappa shape index (κ1) is 21.8. The number of carbonyl (C=O) groups is 1. The third-order valence-corrected chi connectivity index (χ3v) is 5.38. The number of aromatic nitrogens is 1. The quantitative estimate of drug-likeness (QED) is 0.375. The summed E-state index contributed by atoms with van der Waals surface area (Å²) in [6.07, 6.45) is 3.76. The van der Waals surface area contributed by atoms with Gasteiger partial charge < -0.3 is 14.6 Å². The lowest BCUT2D eigenvalue weighted by atomic mass is 10.1. The van der Waals surface area contributed by atoms with Crippen LogP contribution >= 0.6 is 15.9 Å². The number of amides is 1. The smallest absolute Gasteiger partial charge is 0.258 e. The van der Waals surface area contributed by atoms with E-state index in [4.69, 9.17) is 4.74 Å². The number of fused-ring (bicyclic) bond motifs is 1. The van der Waals surface area contributed by atoms with Crippen LogP contribution in [0, 0.1) is 0 Å². The van der Waals surface area contributed by atoms with Gasteiger partial charge in [-0.2, -0.15) is 0 Å². The van der Waals surface area contributed by atoms with Crippen molar-refractivity contribution in [1.82, 2.24) is 9.88 Å². The van der Waals surface area contributed by atoms with Gasteiger partial charge in [-0.3, -0.25) is 9.59 Å². The number of ether oxygens (including phenoxy) is 1. The predicted molar refractivity (Wildman–Crippen MR) is 125 cm³/mol. The monoisotopic (exact) mass is 468 g/mol. The molecule has 0 saturated carbocycles. The van der Waals surface area contributed by atoms with Crippen molar-refractivity contribution in [2.75, 3.05) is 13.7 Å². The van der Waals surface area contributed by atoms with Crippen LogP contribution in [0.5, 0.6) is 0 Å². The summed E-state index contributed by atoms with van der Waals surface area (Å²) in [5.41, 5.74) is 2.09. The molecular formula is C24H25BrN2O3. The van der Waals surface area contributed by atoms with E-state index in [1.165, 1.54) is 0 Å². The molecule has 30 heavy (non-hydrogen) atoms. The molecule has 3 rings (SSSR count). The van der Waals surface area contributed by atoms with Crippen LogP contribution < -0.4 is 10.9 Å². The fraction of sp³-hybridized carbons (Fsp3) is 0.250. The van der Waals surface area contributed by atoms with Gasteiger partial charge in [0, 0.05) is 39.6 Å². The van der Waals surface area contributed by atoms with Crippen LogP contribution in [0.4, 0.5) is 0 Å². The lowest BCUT2D eigenvalue weighted by Gasteiger charge is -2.15. The molecule has 0 aliphatic carbocycles. The number of pyridine rings is 1. The van der Waals surface area contributed by atoms with Crippen LogP contribution in [-0.2, 0) is 11.3 Å². The number of benzene rings is 2. The minimum atomic E-state index is -0.161. The Balaban J connectivity index is 2.06. The first-order chi connectivity index (χ1) is 14.4. The molecule has 1 aromatic heterocycles. The highest BCUT2D eigenvalue weighted by Crippen LogP contribution is 2.26. The van der Waals surface area contributed by atoms with Crippen LogP contribution in [0.15, 0.2) is 64.5 Å². The van der Waals surface area contributed by atoms with Crippen LogP contribution in [0.3, 0.4) is 0 Å². The Morgan fingerprint density at radius 3 is 2.73 bits per heavy atom. The largest absolute Gasteiger partial charge is 0.494 e. The van der Waals surface area contributed by atoms with Crippen molar-refractivity contribution in [2.45, 2.75) is 26.3 Å². The Kier molecular flexibility index (Phi) is 7.11. The van der Waals surface area contributed by atoms with E-state index in [2.05, 4.69) is 34.7 Å². The van der Waals surface area contributed by atoms with E-state index < -0.39 is 0 Å². The zero-order valence-corrected chi connectivity index (χ0v) is 18.8. The Labute approximate surface area is 184 Å². The van der Waals surface area contributed by atoms with Crippen LogP contribution in [0.25, 0.3) is 16.5 Å². The first-order valence-electron chi connectivity index (χ1n) is 9.90. The number of nitrogens with zero attached hydrogens (tertiary/aromatic N) is 1. The fourth-order valence-electron chi connectivity index (χ4n) is 3.27. The zero-order chi connectivity index (χ0) is 21.7. The summed E-state index contributed by atoms with van der Waals surface area (Å²) in [6, 6.07) is 12.8. The van der Waals surface area contributed by atoms with Crippen molar-refractivity contribution in [3.8, 4) is 0 Å². The van der Waals surface area contributed by atoms with Crippen molar-refractivity contribution in [3.63, 3.8) is 0 Å². The molecule has 0 saturated heterocycles. The van der Waals surface area contributed by atoms with E-state index in [-0.39, 0.29) is 11.5 Å². The molecule has 1 amide bonds. The van der Waals surface area contributed by atoms with Crippen LogP contribution in [0.1, 0.15) is 41.3 Å². The molecule has 0 radical (unpaired) electrons. The number of carbonyl (C=O) groups excluding carboxylic acids is 1. The molecule has 6 heteroatoms. The molecular weight excluding hydrogens is 444 g/mol. The lowest BCUT2D eigenvalue weighted by molar-refractivity contribution is 0.0963. The second-order valence-corrected chi connectivity index (χ2v) is 7.99. The number of unbranched alkanes of at least 4 members (excludes halogenated alkanes) is 1. The summed E-state index contributed by atoms with van der Waals surface area (Å²) in [5.74, 6) is 0.380. The molecule has 0 aliphatic heterocycles. The van der Waals surface area contributed by atoms with E-state index in [9.17, 15) is 9.59 Å². The number of rotatable bonds is 8. The Morgan fingerprint density at radius 1 is 1.20 bits per heavy atom. The van der Waals surface area contributed by atoms with Crippen LogP contribution in [-0.4, -0.2) is 24.1 Å². The third kappa shape index (κ3) is 4.82. The molecule has 1 N–H and O–H groups in total. The minimum Gasteiger partial charge on any atom is -0.494 e. The Morgan fingerprint density at radius 2 is 2.00 bits per heavy atom. The zero-order valence-electron chi connectivity index (χ0n) is 17.2. The SMILES string of the molecule is C=C(OCCCC)c1cn(Cc2cccc(C(=O)NC)c2)c(=O)c2ccc(Br)cc12. The summed E-state index contributed by atoms with van der Waals surface area (Å²) in [4.78, 5) is 25.1. The van der Waals surface area contributed by atoms with Crippen molar-refractivity contribution in [2.24, 2.45) is 0 Å². The average molecular weight is 469 g/mol. The molecule has 0 aliphatic rings. The summed E-state index contributed by atoms with van der Waals surface area (Å²) < 4.78 is 8.37. The Hall–Kier alpha value is -2.86. The third-order valence-electron chi connectivity index (χ3n) is 4.89. The summed E-state index contributed by atoms with van der Waals surface area (Å²) in [5, 5.41) is 4.01. The fourth-order valence-corrected chi connectivity index (χ4v) is 3.63. The molecule has 0 bridgehead atoms. The normalized spacial score (nSPS) is 10.8. The van der Waals surface area contributed by atoms with Gasteiger partial charge in [-0.05, 0) is 42.3 Å². The Bertz CT molecular complexity index is 1150. The molecule has 0 unspecified atom stereocenters. The molecule has 0 fully saturated rings. The van der Waals surface area contributed by atoms with E-state index in [1.807, 2.05) is 30.3 Å². The van der Waals surface area contributed by atoms with Crippen molar-refractivity contribution in [1.29, 1.82) is 0 Å². The van der Waals surface area contributed by atoms with E-state index in [1.54, 1.807) is 29.9 Å². The van der Waals surface area contributed by atoms with Gasteiger partial charge in [0.05, 0.1) is 13.2 Å². The molecule has 3 aromatic rings. The second-order valence-electron chi connectivity index (χ2n) is 7.07. The van der Waals surface area contributed by atoms with Gasteiger partial charge in [0.2, 0.25) is 0 Å². The standard InChI is InChI=1S/C24H25BrN2O3/c1-4-5-11-30-16(2)22-15-27(24(29)20-10-9-19(25)13-21(20)22)14-17-7-6-8-18(12-17)23(28)26-3/h6-10,12-13,15H,2,4-5,11,14H2,1,3H3,(H,26,28). The maximum Gasteiger partial charge on any atom is 0.258 e. The van der Waals surface area contributed by atoms with E-state index in [0.717, 1.165) is 33.8 Å². The predicted octanol–water partition coefficient (Wildman–Crippen LogP) is 4.96. The van der Waals surface area contributed by atoms with Gasteiger partial charge in [0.1, 0.15) is 5.76 Å². The molecule has 0 spiro atoms. The van der Waals surface area contributed by atoms with E-state index >= 15 is 0 Å². The maximum atomic E-state index is 13.2. The first-order valence-corrected chi connectivity index (χ1v) is 10.7. The number of hydrogen-bond donors (Lipinski definition) is 1. The minimum absolute atomic E-state index is 0.104. The van der Waals surface area contributed by atoms with Crippen LogP contribution in [0.2, 0.25) is 0 Å². The van der Waals surface area contributed by atoms with Gasteiger partial charge >= 0.3 is 0 Å².